The van der Waals surface area contributed by atoms with Crippen LogP contribution in [0.5, 0.6) is 0 Å². The van der Waals surface area contributed by atoms with Crippen molar-refractivity contribution in [2.75, 3.05) is 13.8 Å². The Hall–Kier alpha value is -2.75. The molecule has 146 valence electrons. The number of hydrazone groups is 1. The van der Waals surface area contributed by atoms with Gasteiger partial charge in [0.05, 0.1) is 5.71 Å². The topological polar surface area (TPSA) is 59.7 Å². The van der Waals surface area contributed by atoms with Gasteiger partial charge in [-0.15, -0.1) is 0 Å². The number of alkyl halides is 3. The van der Waals surface area contributed by atoms with Crippen LogP contribution in [0, 0.1) is 5.82 Å². The summed E-state index contributed by atoms with van der Waals surface area (Å²) in [6.07, 6.45) is -3.02. The second kappa shape index (κ2) is 7.87. The van der Waals surface area contributed by atoms with Crippen molar-refractivity contribution in [2.45, 2.75) is 25.6 Å². The summed E-state index contributed by atoms with van der Waals surface area (Å²) in [5.74, 6) is -0.488. The minimum atomic E-state index is -4.60. The summed E-state index contributed by atoms with van der Waals surface area (Å²) in [5.41, 5.74) is -1.65. The standard InChI is InChI=1S/C17H18F4N4O2/c1-16(2,25-9-8-14(22-25)17(19,20)21)15(23-24(10-26)11-27-3)12-4-6-13(18)7-5-12/h4-10H,11H2,1-3H3. The molecule has 0 fully saturated rings. The lowest BCUT2D eigenvalue weighted by Crippen LogP contribution is -2.39. The third-order valence-corrected chi connectivity index (χ3v) is 3.76. The molecule has 0 saturated heterocycles. The number of aromatic nitrogens is 2. The lowest BCUT2D eigenvalue weighted by molar-refractivity contribution is -0.141. The largest absolute Gasteiger partial charge is 0.435 e. The first kappa shape index (κ1) is 20.6. The highest BCUT2D eigenvalue weighted by Gasteiger charge is 2.37. The number of amides is 1. The Labute approximate surface area is 153 Å². The van der Waals surface area contributed by atoms with E-state index in [0.29, 0.717) is 12.0 Å². The van der Waals surface area contributed by atoms with Gasteiger partial charge in [-0.05, 0) is 32.0 Å². The number of ether oxygens (including phenoxy) is 1. The quantitative estimate of drug-likeness (QED) is 0.241. The van der Waals surface area contributed by atoms with Gasteiger partial charge >= 0.3 is 6.18 Å². The van der Waals surface area contributed by atoms with Crippen molar-refractivity contribution in [2.24, 2.45) is 5.10 Å². The first-order valence-corrected chi connectivity index (χ1v) is 7.79. The van der Waals surface area contributed by atoms with Crippen LogP contribution in [-0.4, -0.2) is 40.8 Å². The molecule has 1 heterocycles. The van der Waals surface area contributed by atoms with Crippen LogP contribution in [0.3, 0.4) is 0 Å². The van der Waals surface area contributed by atoms with Gasteiger partial charge in [-0.25, -0.2) is 9.40 Å². The maximum atomic E-state index is 13.3. The van der Waals surface area contributed by atoms with Gasteiger partial charge in [-0.1, -0.05) is 12.1 Å². The number of hydrogen-bond donors (Lipinski definition) is 0. The van der Waals surface area contributed by atoms with Crippen LogP contribution in [0.2, 0.25) is 0 Å². The predicted octanol–water partition coefficient (Wildman–Crippen LogP) is 3.24. The molecule has 0 aliphatic carbocycles. The normalized spacial score (nSPS) is 12.9. The molecular weight excluding hydrogens is 368 g/mol. The van der Waals surface area contributed by atoms with Gasteiger partial charge < -0.3 is 4.74 Å². The third kappa shape index (κ3) is 4.70. The van der Waals surface area contributed by atoms with Gasteiger partial charge in [0, 0.05) is 18.9 Å². The van der Waals surface area contributed by atoms with Gasteiger partial charge in [0.1, 0.15) is 18.1 Å². The monoisotopic (exact) mass is 386 g/mol. The molecule has 0 spiro atoms. The minimum Gasteiger partial charge on any atom is -0.362 e. The highest BCUT2D eigenvalue weighted by atomic mass is 19.4. The average Bonchev–Trinajstić information content (AvgIpc) is 3.11. The molecule has 1 aromatic heterocycles. The van der Waals surface area contributed by atoms with Crippen LogP contribution >= 0.6 is 0 Å². The molecule has 0 saturated carbocycles. The van der Waals surface area contributed by atoms with Gasteiger partial charge in [0.15, 0.2) is 5.69 Å². The fraction of sp³-hybridized carbons (Fsp3) is 0.353. The van der Waals surface area contributed by atoms with E-state index in [1.54, 1.807) is 13.8 Å². The number of carbonyl (C=O) groups is 1. The summed E-state index contributed by atoms with van der Waals surface area (Å²) in [6, 6.07) is 6.05. The average molecular weight is 386 g/mol. The van der Waals surface area contributed by atoms with Crippen LogP contribution in [0.25, 0.3) is 0 Å². The summed E-state index contributed by atoms with van der Waals surface area (Å²) in [6.45, 7) is 2.99. The van der Waals surface area contributed by atoms with E-state index >= 15 is 0 Å². The number of benzene rings is 1. The Balaban J connectivity index is 2.56. The zero-order valence-electron chi connectivity index (χ0n) is 14.9. The summed E-state index contributed by atoms with van der Waals surface area (Å²) in [4.78, 5) is 11.2. The molecule has 0 bridgehead atoms. The third-order valence-electron chi connectivity index (χ3n) is 3.76. The molecule has 2 aromatic rings. The Bertz CT molecular complexity index is 813. The predicted molar refractivity (Wildman–Crippen MR) is 89.3 cm³/mol. The van der Waals surface area contributed by atoms with Crippen molar-refractivity contribution < 1.29 is 27.1 Å². The zero-order chi connectivity index (χ0) is 20.2. The molecule has 0 atom stereocenters. The Morgan fingerprint density at radius 2 is 1.89 bits per heavy atom. The van der Waals surface area contributed by atoms with Crippen LogP contribution in [0.4, 0.5) is 17.6 Å². The molecule has 27 heavy (non-hydrogen) atoms. The van der Waals surface area contributed by atoms with Gasteiger partial charge in [0.25, 0.3) is 0 Å². The minimum absolute atomic E-state index is 0.169. The molecule has 1 amide bonds. The summed E-state index contributed by atoms with van der Waals surface area (Å²) >= 11 is 0. The first-order chi connectivity index (χ1) is 12.6. The van der Waals surface area contributed by atoms with E-state index in [-0.39, 0.29) is 12.4 Å². The fourth-order valence-corrected chi connectivity index (χ4v) is 2.38. The van der Waals surface area contributed by atoms with Crippen molar-refractivity contribution in [3.05, 3.63) is 53.6 Å². The number of methoxy groups -OCH3 is 1. The van der Waals surface area contributed by atoms with E-state index in [1.807, 2.05) is 0 Å². The molecule has 2 rings (SSSR count). The SMILES string of the molecule is COCN(C=O)N=C(c1ccc(F)cc1)C(C)(C)n1ccc(C(F)(F)F)n1. The number of rotatable bonds is 7. The van der Waals surface area contributed by atoms with Crippen LogP contribution in [0.1, 0.15) is 25.1 Å². The van der Waals surface area contributed by atoms with Crippen LogP contribution < -0.4 is 0 Å². The lowest BCUT2D eigenvalue weighted by atomic mass is 9.92. The number of carbonyl (C=O) groups excluding carboxylic acids is 1. The van der Waals surface area contributed by atoms with Gasteiger partial charge in [-0.3, -0.25) is 9.48 Å². The van der Waals surface area contributed by atoms with Crippen molar-refractivity contribution in [3.63, 3.8) is 0 Å². The highest BCUT2D eigenvalue weighted by molar-refractivity contribution is 6.05. The van der Waals surface area contributed by atoms with E-state index in [2.05, 4.69) is 10.2 Å². The Kier molecular flexibility index (Phi) is 5.99. The van der Waals surface area contributed by atoms with Crippen molar-refractivity contribution in [1.82, 2.24) is 14.8 Å². The van der Waals surface area contributed by atoms with Gasteiger partial charge in [0.2, 0.25) is 6.41 Å². The van der Waals surface area contributed by atoms with E-state index in [4.69, 9.17) is 4.74 Å². The molecule has 0 aliphatic rings. The van der Waals surface area contributed by atoms with Crippen molar-refractivity contribution in [1.29, 1.82) is 0 Å². The maximum Gasteiger partial charge on any atom is 0.435 e. The molecule has 0 radical (unpaired) electrons. The first-order valence-electron chi connectivity index (χ1n) is 7.79. The van der Waals surface area contributed by atoms with E-state index in [0.717, 1.165) is 15.8 Å². The number of hydrogen-bond acceptors (Lipinski definition) is 4. The Morgan fingerprint density at radius 1 is 1.26 bits per heavy atom. The van der Waals surface area contributed by atoms with E-state index in [9.17, 15) is 22.4 Å². The van der Waals surface area contributed by atoms with E-state index in [1.165, 1.54) is 37.6 Å². The second-order valence-electron chi connectivity index (χ2n) is 6.12. The maximum absolute atomic E-state index is 13.3. The smallest absolute Gasteiger partial charge is 0.362 e. The molecule has 0 unspecified atom stereocenters. The summed E-state index contributed by atoms with van der Waals surface area (Å²) in [5, 5.41) is 8.73. The molecule has 0 N–H and O–H groups in total. The highest BCUT2D eigenvalue weighted by Crippen LogP contribution is 2.30. The number of nitrogens with zero attached hydrogens (tertiary/aromatic N) is 4. The molecule has 6 nitrogen and oxygen atoms in total. The molecule has 0 aliphatic heterocycles. The van der Waals surface area contributed by atoms with Crippen LogP contribution in [0.15, 0.2) is 41.6 Å². The van der Waals surface area contributed by atoms with Gasteiger partial charge in [-0.2, -0.15) is 23.4 Å². The summed E-state index contributed by atoms with van der Waals surface area (Å²) in [7, 11) is 1.36. The van der Waals surface area contributed by atoms with E-state index < -0.39 is 23.2 Å². The molecular formula is C17H18F4N4O2. The summed E-state index contributed by atoms with van der Waals surface area (Å²) < 4.78 is 58.0. The second-order valence-corrected chi connectivity index (χ2v) is 6.12. The fourth-order valence-electron chi connectivity index (χ4n) is 2.38. The zero-order valence-corrected chi connectivity index (χ0v) is 14.9. The lowest BCUT2D eigenvalue weighted by Gasteiger charge is -2.29. The Morgan fingerprint density at radius 3 is 2.37 bits per heavy atom. The number of halogens is 4. The molecule has 1 aromatic carbocycles. The van der Waals surface area contributed by atoms with Crippen molar-refractivity contribution in [3.8, 4) is 0 Å². The van der Waals surface area contributed by atoms with Crippen LogP contribution in [-0.2, 0) is 21.2 Å². The molecule has 10 heteroatoms. The van der Waals surface area contributed by atoms with Crippen molar-refractivity contribution >= 4 is 12.1 Å².